The summed E-state index contributed by atoms with van der Waals surface area (Å²) in [5.41, 5.74) is 1.93. The maximum absolute atomic E-state index is 12.6. The summed E-state index contributed by atoms with van der Waals surface area (Å²) in [7, 11) is 1.59. The molecule has 8 heteroatoms. The molecule has 3 aromatic rings. The summed E-state index contributed by atoms with van der Waals surface area (Å²) < 4.78 is 12.9. The zero-order chi connectivity index (χ0) is 22.1. The van der Waals surface area contributed by atoms with Gasteiger partial charge in [0, 0.05) is 18.3 Å². The Balaban J connectivity index is 1.63. The Hall–Kier alpha value is -3.39. The lowest BCUT2D eigenvalue weighted by Gasteiger charge is -2.19. The lowest BCUT2D eigenvalue weighted by Crippen LogP contribution is -2.28. The van der Waals surface area contributed by atoms with E-state index in [0.717, 1.165) is 25.2 Å². The van der Waals surface area contributed by atoms with Crippen LogP contribution < -0.4 is 14.8 Å². The molecule has 3 rings (SSSR count). The SMILES string of the molecule is CCN(CC)CCOc1cc(NC(=O)c2cn(Cc3ccccc3)nn2)ccc1OC. The summed E-state index contributed by atoms with van der Waals surface area (Å²) in [6, 6.07) is 15.2. The van der Waals surface area contributed by atoms with Gasteiger partial charge in [0.15, 0.2) is 17.2 Å². The smallest absolute Gasteiger partial charge is 0.277 e. The number of nitrogens with zero attached hydrogens (tertiary/aromatic N) is 4. The van der Waals surface area contributed by atoms with E-state index in [4.69, 9.17) is 9.47 Å². The van der Waals surface area contributed by atoms with Gasteiger partial charge in [0.1, 0.15) is 6.61 Å². The van der Waals surface area contributed by atoms with E-state index in [1.165, 1.54) is 0 Å². The van der Waals surface area contributed by atoms with Gasteiger partial charge in [0.2, 0.25) is 0 Å². The first-order valence-corrected chi connectivity index (χ1v) is 10.4. The first-order chi connectivity index (χ1) is 15.1. The van der Waals surface area contributed by atoms with Crippen LogP contribution >= 0.6 is 0 Å². The highest BCUT2D eigenvalue weighted by molar-refractivity contribution is 6.02. The van der Waals surface area contributed by atoms with Gasteiger partial charge in [-0.1, -0.05) is 49.4 Å². The zero-order valence-electron chi connectivity index (χ0n) is 18.2. The Kier molecular flexibility index (Phi) is 8.00. The van der Waals surface area contributed by atoms with Crippen LogP contribution in [0.2, 0.25) is 0 Å². The van der Waals surface area contributed by atoms with Crippen molar-refractivity contribution in [3.63, 3.8) is 0 Å². The van der Waals surface area contributed by atoms with Crippen molar-refractivity contribution in [1.29, 1.82) is 0 Å². The standard InChI is InChI=1S/C23H29N5O3/c1-4-27(5-2)13-14-31-22-15-19(11-12-21(22)30-3)24-23(29)20-17-28(26-25-20)16-18-9-7-6-8-10-18/h6-12,15,17H,4-5,13-14,16H2,1-3H3,(H,24,29). The molecule has 1 heterocycles. The molecular formula is C23H29N5O3. The summed E-state index contributed by atoms with van der Waals surface area (Å²) in [5, 5.41) is 10.9. The van der Waals surface area contributed by atoms with Gasteiger partial charge in [0.05, 0.1) is 19.9 Å². The Morgan fingerprint density at radius 2 is 1.87 bits per heavy atom. The van der Waals surface area contributed by atoms with Crippen LogP contribution in [0, 0.1) is 0 Å². The van der Waals surface area contributed by atoms with Crippen LogP contribution in [0.3, 0.4) is 0 Å². The molecule has 0 bridgehead atoms. The molecule has 0 aliphatic carbocycles. The number of methoxy groups -OCH3 is 1. The van der Waals surface area contributed by atoms with Gasteiger partial charge in [-0.2, -0.15) is 0 Å². The summed E-state index contributed by atoms with van der Waals surface area (Å²) in [6.45, 7) is 8.08. The number of carbonyl (C=O) groups is 1. The molecule has 1 aromatic heterocycles. The fourth-order valence-electron chi connectivity index (χ4n) is 3.14. The van der Waals surface area contributed by atoms with Crippen molar-refractivity contribution in [2.45, 2.75) is 20.4 Å². The third-order valence-corrected chi connectivity index (χ3v) is 4.94. The number of hydrogen-bond acceptors (Lipinski definition) is 6. The van der Waals surface area contributed by atoms with Crippen LogP contribution in [-0.4, -0.2) is 59.2 Å². The van der Waals surface area contributed by atoms with Crippen LogP contribution in [0.15, 0.2) is 54.7 Å². The molecule has 0 spiro atoms. The monoisotopic (exact) mass is 423 g/mol. The largest absolute Gasteiger partial charge is 0.493 e. The van der Waals surface area contributed by atoms with E-state index < -0.39 is 0 Å². The second kappa shape index (κ2) is 11.1. The van der Waals surface area contributed by atoms with E-state index in [0.29, 0.717) is 30.3 Å². The van der Waals surface area contributed by atoms with Crippen molar-refractivity contribution in [2.75, 3.05) is 38.7 Å². The first kappa shape index (κ1) is 22.3. The molecule has 1 N–H and O–H groups in total. The van der Waals surface area contributed by atoms with Gasteiger partial charge in [-0.05, 0) is 30.8 Å². The number of rotatable bonds is 11. The van der Waals surface area contributed by atoms with Gasteiger partial charge >= 0.3 is 0 Å². The molecule has 0 radical (unpaired) electrons. The van der Waals surface area contributed by atoms with Crippen molar-refractivity contribution in [2.24, 2.45) is 0 Å². The van der Waals surface area contributed by atoms with Crippen molar-refractivity contribution in [3.8, 4) is 11.5 Å². The predicted octanol–water partition coefficient (Wildman–Crippen LogP) is 3.31. The van der Waals surface area contributed by atoms with E-state index in [9.17, 15) is 4.79 Å². The number of anilines is 1. The molecule has 1 amide bonds. The molecular weight excluding hydrogens is 394 g/mol. The molecule has 0 saturated carbocycles. The Morgan fingerprint density at radius 3 is 2.58 bits per heavy atom. The number of hydrogen-bond donors (Lipinski definition) is 1. The highest BCUT2D eigenvalue weighted by Crippen LogP contribution is 2.30. The average molecular weight is 424 g/mol. The zero-order valence-corrected chi connectivity index (χ0v) is 18.2. The summed E-state index contributed by atoms with van der Waals surface area (Å²) in [4.78, 5) is 14.9. The minimum Gasteiger partial charge on any atom is -0.493 e. The molecule has 0 unspecified atom stereocenters. The van der Waals surface area contributed by atoms with E-state index in [-0.39, 0.29) is 11.6 Å². The molecule has 31 heavy (non-hydrogen) atoms. The summed E-state index contributed by atoms with van der Waals surface area (Å²) >= 11 is 0. The van der Waals surface area contributed by atoms with E-state index in [2.05, 4.69) is 34.4 Å². The van der Waals surface area contributed by atoms with Crippen molar-refractivity contribution in [1.82, 2.24) is 19.9 Å². The lowest BCUT2D eigenvalue weighted by atomic mass is 10.2. The highest BCUT2D eigenvalue weighted by Gasteiger charge is 2.13. The van der Waals surface area contributed by atoms with Crippen molar-refractivity contribution < 1.29 is 14.3 Å². The summed E-state index contributed by atoms with van der Waals surface area (Å²) in [6.07, 6.45) is 1.63. The molecule has 2 aromatic carbocycles. The van der Waals surface area contributed by atoms with Crippen LogP contribution in [0.4, 0.5) is 5.69 Å². The van der Waals surface area contributed by atoms with Gasteiger partial charge in [-0.25, -0.2) is 4.68 Å². The number of nitrogens with one attached hydrogen (secondary N) is 1. The van der Waals surface area contributed by atoms with Crippen LogP contribution in [0.25, 0.3) is 0 Å². The number of likely N-dealkylation sites (N-methyl/N-ethyl adjacent to an activating group) is 1. The number of aromatic nitrogens is 3. The number of benzene rings is 2. The molecule has 0 atom stereocenters. The third-order valence-electron chi connectivity index (χ3n) is 4.94. The molecule has 8 nitrogen and oxygen atoms in total. The maximum atomic E-state index is 12.6. The second-order valence-electron chi connectivity index (χ2n) is 6.98. The molecule has 0 aliphatic heterocycles. The van der Waals surface area contributed by atoms with Crippen LogP contribution in [-0.2, 0) is 6.54 Å². The van der Waals surface area contributed by atoms with E-state index in [1.54, 1.807) is 36.2 Å². The fraction of sp³-hybridized carbons (Fsp3) is 0.348. The molecule has 0 aliphatic rings. The number of carbonyl (C=O) groups excluding carboxylic acids is 1. The maximum Gasteiger partial charge on any atom is 0.277 e. The number of ether oxygens (including phenoxy) is 2. The first-order valence-electron chi connectivity index (χ1n) is 10.4. The normalized spacial score (nSPS) is 10.8. The van der Waals surface area contributed by atoms with Gasteiger partial charge in [-0.3, -0.25) is 4.79 Å². The van der Waals surface area contributed by atoms with Gasteiger partial charge < -0.3 is 19.7 Å². The van der Waals surface area contributed by atoms with Gasteiger partial charge in [0.25, 0.3) is 5.91 Å². The van der Waals surface area contributed by atoms with Crippen LogP contribution in [0.1, 0.15) is 29.9 Å². The molecule has 164 valence electrons. The second-order valence-corrected chi connectivity index (χ2v) is 6.98. The topological polar surface area (TPSA) is 81.5 Å². The Labute approximate surface area is 182 Å². The summed E-state index contributed by atoms with van der Waals surface area (Å²) in [5.74, 6) is 0.866. The van der Waals surface area contributed by atoms with E-state index >= 15 is 0 Å². The predicted molar refractivity (Wildman–Crippen MR) is 120 cm³/mol. The Morgan fingerprint density at radius 1 is 1.10 bits per heavy atom. The third kappa shape index (κ3) is 6.29. The van der Waals surface area contributed by atoms with Crippen molar-refractivity contribution in [3.05, 3.63) is 66.0 Å². The minimum atomic E-state index is -0.335. The fourth-order valence-corrected chi connectivity index (χ4v) is 3.14. The van der Waals surface area contributed by atoms with Crippen LogP contribution in [0.5, 0.6) is 11.5 Å². The quantitative estimate of drug-likeness (QED) is 0.510. The lowest BCUT2D eigenvalue weighted by molar-refractivity contribution is 0.102. The van der Waals surface area contributed by atoms with Gasteiger partial charge in [-0.15, -0.1) is 5.10 Å². The Bertz CT molecular complexity index is 970. The molecule has 0 fully saturated rings. The average Bonchev–Trinajstić information content (AvgIpc) is 3.26. The number of amides is 1. The molecule has 0 saturated heterocycles. The minimum absolute atomic E-state index is 0.246. The highest BCUT2D eigenvalue weighted by atomic mass is 16.5. The van der Waals surface area contributed by atoms with E-state index in [1.807, 2.05) is 30.3 Å². The van der Waals surface area contributed by atoms with Crippen molar-refractivity contribution >= 4 is 11.6 Å².